The monoisotopic (exact) mass is 274 g/mol. The van der Waals surface area contributed by atoms with E-state index in [1.807, 2.05) is 6.07 Å². The Morgan fingerprint density at radius 1 is 1.47 bits per heavy atom. The standard InChI is InChI=1S/C13H10N2O3S/c1-6-14-11(12(19-6)13(17)18)7-2-3-9-8(4-7)5-10(16)15-9/h2-4H,5H2,1H3,(H,15,16)(H,17,18). The molecule has 0 fully saturated rings. The van der Waals surface area contributed by atoms with Crippen molar-refractivity contribution in [2.75, 3.05) is 5.32 Å². The Labute approximate surface area is 112 Å². The molecule has 6 heteroatoms. The Balaban J connectivity index is 2.11. The van der Waals surface area contributed by atoms with Crippen molar-refractivity contribution in [2.45, 2.75) is 13.3 Å². The molecule has 0 saturated heterocycles. The van der Waals surface area contributed by atoms with Crippen molar-refractivity contribution < 1.29 is 14.7 Å². The molecule has 0 unspecified atom stereocenters. The minimum absolute atomic E-state index is 0.0416. The second-order valence-electron chi connectivity index (χ2n) is 4.31. The molecule has 5 nitrogen and oxygen atoms in total. The van der Waals surface area contributed by atoms with Gasteiger partial charge < -0.3 is 10.4 Å². The molecule has 0 radical (unpaired) electrons. The number of nitrogens with one attached hydrogen (secondary N) is 1. The maximum atomic E-state index is 11.3. The maximum Gasteiger partial charge on any atom is 0.348 e. The quantitative estimate of drug-likeness (QED) is 0.880. The number of rotatable bonds is 2. The van der Waals surface area contributed by atoms with Crippen LogP contribution in [0.1, 0.15) is 20.2 Å². The first-order chi connectivity index (χ1) is 9.04. The molecule has 0 saturated carbocycles. The Hall–Kier alpha value is -2.21. The highest BCUT2D eigenvalue weighted by molar-refractivity contribution is 7.14. The summed E-state index contributed by atoms with van der Waals surface area (Å²) < 4.78 is 0. The third kappa shape index (κ3) is 2.00. The van der Waals surface area contributed by atoms with Crippen LogP contribution in [-0.2, 0) is 11.2 Å². The number of carboxylic acids is 1. The van der Waals surface area contributed by atoms with Crippen LogP contribution in [0.15, 0.2) is 18.2 Å². The zero-order chi connectivity index (χ0) is 13.6. The number of aryl methyl sites for hydroxylation is 1. The van der Waals surface area contributed by atoms with Gasteiger partial charge in [0.15, 0.2) is 0 Å². The summed E-state index contributed by atoms with van der Waals surface area (Å²) in [5.41, 5.74) is 2.87. The zero-order valence-corrected chi connectivity index (χ0v) is 10.9. The van der Waals surface area contributed by atoms with Gasteiger partial charge in [0, 0.05) is 11.3 Å². The summed E-state index contributed by atoms with van der Waals surface area (Å²) in [5, 5.41) is 12.6. The van der Waals surface area contributed by atoms with Gasteiger partial charge in [0.25, 0.3) is 0 Å². The van der Waals surface area contributed by atoms with Crippen LogP contribution in [0.3, 0.4) is 0 Å². The summed E-state index contributed by atoms with van der Waals surface area (Å²) in [7, 11) is 0. The van der Waals surface area contributed by atoms with Gasteiger partial charge in [-0.1, -0.05) is 6.07 Å². The first-order valence-electron chi connectivity index (χ1n) is 5.68. The van der Waals surface area contributed by atoms with E-state index in [2.05, 4.69) is 10.3 Å². The molecule has 19 heavy (non-hydrogen) atoms. The zero-order valence-electron chi connectivity index (χ0n) is 10.1. The molecule has 1 aromatic heterocycles. The Kier molecular flexibility index (Phi) is 2.60. The van der Waals surface area contributed by atoms with E-state index in [9.17, 15) is 14.7 Å². The Bertz CT molecular complexity index is 706. The summed E-state index contributed by atoms with van der Waals surface area (Å²) in [5.74, 6) is -1.02. The van der Waals surface area contributed by atoms with Gasteiger partial charge in [-0.05, 0) is 24.6 Å². The average Bonchev–Trinajstić information content (AvgIpc) is 2.89. The predicted molar refractivity (Wildman–Crippen MR) is 71.6 cm³/mol. The number of hydrogen-bond donors (Lipinski definition) is 2. The van der Waals surface area contributed by atoms with E-state index in [0.29, 0.717) is 17.1 Å². The highest BCUT2D eigenvalue weighted by Crippen LogP contribution is 2.32. The number of anilines is 1. The second-order valence-corrected chi connectivity index (χ2v) is 5.52. The van der Waals surface area contributed by atoms with Gasteiger partial charge in [-0.3, -0.25) is 4.79 Å². The van der Waals surface area contributed by atoms with E-state index in [1.165, 1.54) is 0 Å². The second kappa shape index (κ2) is 4.17. The smallest absolute Gasteiger partial charge is 0.348 e. The van der Waals surface area contributed by atoms with E-state index < -0.39 is 5.97 Å². The van der Waals surface area contributed by atoms with E-state index >= 15 is 0 Å². The molecule has 0 spiro atoms. The number of carbonyl (C=O) groups is 2. The molecule has 0 bridgehead atoms. The topological polar surface area (TPSA) is 79.3 Å². The molecule has 2 N–H and O–H groups in total. The van der Waals surface area contributed by atoms with E-state index in [4.69, 9.17) is 0 Å². The lowest BCUT2D eigenvalue weighted by molar-refractivity contribution is -0.115. The number of aromatic carboxylic acids is 1. The van der Waals surface area contributed by atoms with Crippen molar-refractivity contribution >= 4 is 28.9 Å². The number of benzene rings is 1. The fourth-order valence-corrected chi connectivity index (χ4v) is 2.92. The van der Waals surface area contributed by atoms with Gasteiger partial charge in [-0.2, -0.15) is 0 Å². The van der Waals surface area contributed by atoms with Gasteiger partial charge in [0.05, 0.1) is 17.1 Å². The summed E-state index contributed by atoms with van der Waals surface area (Å²) in [6.45, 7) is 1.78. The predicted octanol–water partition coefficient (Wildman–Crippen LogP) is 2.31. The maximum absolute atomic E-state index is 11.3. The Morgan fingerprint density at radius 3 is 3.00 bits per heavy atom. The minimum atomic E-state index is -0.977. The van der Waals surface area contributed by atoms with Crippen LogP contribution in [0.4, 0.5) is 5.69 Å². The number of fused-ring (bicyclic) bond motifs is 1. The van der Waals surface area contributed by atoms with Crippen molar-refractivity contribution in [3.63, 3.8) is 0 Å². The summed E-state index contributed by atoms with van der Waals surface area (Å²) in [6.07, 6.45) is 0.328. The Morgan fingerprint density at radius 2 is 2.26 bits per heavy atom. The van der Waals surface area contributed by atoms with Gasteiger partial charge in [-0.25, -0.2) is 9.78 Å². The van der Waals surface area contributed by atoms with Crippen LogP contribution in [0.25, 0.3) is 11.3 Å². The fourth-order valence-electron chi connectivity index (χ4n) is 2.14. The van der Waals surface area contributed by atoms with Crippen molar-refractivity contribution in [1.82, 2.24) is 4.98 Å². The summed E-state index contributed by atoms with van der Waals surface area (Å²) in [6, 6.07) is 5.40. The van der Waals surface area contributed by atoms with Crippen molar-refractivity contribution in [1.29, 1.82) is 0 Å². The van der Waals surface area contributed by atoms with Crippen molar-refractivity contribution in [3.8, 4) is 11.3 Å². The molecule has 1 aliphatic heterocycles. The van der Waals surface area contributed by atoms with Crippen LogP contribution < -0.4 is 5.32 Å². The highest BCUT2D eigenvalue weighted by atomic mass is 32.1. The van der Waals surface area contributed by atoms with Gasteiger partial charge >= 0.3 is 5.97 Å². The molecule has 1 aromatic carbocycles. The van der Waals surface area contributed by atoms with Crippen LogP contribution in [0, 0.1) is 6.92 Å². The minimum Gasteiger partial charge on any atom is -0.477 e. The number of aromatic nitrogens is 1. The highest BCUT2D eigenvalue weighted by Gasteiger charge is 2.21. The van der Waals surface area contributed by atoms with Crippen LogP contribution >= 0.6 is 11.3 Å². The largest absolute Gasteiger partial charge is 0.477 e. The molecule has 3 rings (SSSR count). The number of thiazole rings is 1. The van der Waals surface area contributed by atoms with Crippen LogP contribution in [-0.4, -0.2) is 22.0 Å². The molecule has 1 aliphatic rings. The van der Waals surface area contributed by atoms with Gasteiger partial charge in [0.1, 0.15) is 4.88 Å². The number of carbonyl (C=O) groups excluding carboxylic acids is 1. The first kappa shape index (κ1) is 11.9. The van der Waals surface area contributed by atoms with Crippen LogP contribution in [0.5, 0.6) is 0 Å². The van der Waals surface area contributed by atoms with E-state index in [0.717, 1.165) is 28.2 Å². The van der Waals surface area contributed by atoms with Gasteiger partial charge in [-0.15, -0.1) is 11.3 Å². The lowest BCUT2D eigenvalue weighted by atomic mass is 10.1. The molecular formula is C13H10N2O3S. The molecule has 0 aliphatic carbocycles. The van der Waals surface area contributed by atoms with E-state index in [1.54, 1.807) is 19.1 Å². The fraction of sp³-hybridized carbons (Fsp3) is 0.154. The molecular weight excluding hydrogens is 264 g/mol. The normalized spacial score (nSPS) is 13.2. The molecule has 96 valence electrons. The number of nitrogens with zero attached hydrogens (tertiary/aromatic N) is 1. The number of carboxylic acid groups (broad SMARTS) is 1. The van der Waals surface area contributed by atoms with E-state index in [-0.39, 0.29) is 10.8 Å². The van der Waals surface area contributed by atoms with Gasteiger partial charge in [0.2, 0.25) is 5.91 Å². The third-order valence-corrected chi connectivity index (χ3v) is 3.89. The summed E-state index contributed by atoms with van der Waals surface area (Å²) in [4.78, 5) is 27.0. The third-order valence-electron chi connectivity index (χ3n) is 2.93. The number of hydrogen-bond acceptors (Lipinski definition) is 4. The molecule has 2 aromatic rings. The average molecular weight is 274 g/mol. The molecule has 1 amide bonds. The summed E-state index contributed by atoms with van der Waals surface area (Å²) >= 11 is 1.16. The van der Waals surface area contributed by atoms with Crippen LogP contribution in [0.2, 0.25) is 0 Å². The SMILES string of the molecule is Cc1nc(-c2ccc3c(c2)CC(=O)N3)c(C(=O)O)s1. The molecule has 0 atom stereocenters. The lowest BCUT2D eigenvalue weighted by Gasteiger charge is -2.02. The number of amides is 1. The van der Waals surface area contributed by atoms with Crippen molar-refractivity contribution in [3.05, 3.63) is 33.6 Å². The van der Waals surface area contributed by atoms with Crippen molar-refractivity contribution in [2.24, 2.45) is 0 Å². The lowest BCUT2D eigenvalue weighted by Crippen LogP contribution is -2.03. The first-order valence-corrected chi connectivity index (χ1v) is 6.50. The molecule has 2 heterocycles.